The van der Waals surface area contributed by atoms with Gasteiger partial charge in [0.05, 0.1) is 0 Å². The summed E-state index contributed by atoms with van der Waals surface area (Å²) in [4.78, 5) is 38.2. The molecule has 0 aliphatic rings. The van der Waals surface area contributed by atoms with Gasteiger partial charge >= 0.3 is 17.9 Å². The van der Waals surface area contributed by atoms with Crippen molar-refractivity contribution < 1.29 is 28.6 Å². The second kappa shape index (κ2) is 64.9. The molecule has 0 aromatic carbocycles. The predicted octanol–water partition coefficient (Wildman–Crippen LogP) is 22.9. The van der Waals surface area contributed by atoms with Crippen LogP contribution in [0.4, 0.5) is 0 Å². The Morgan fingerprint density at radius 3 is 0.803 bits per heavy atom. The molecule has 1 unspecified atom stereocenters. The van der Waals surface area contributed by atoms with E-state index in [2.05, 4.69) is 69.4 Å². The van der Waals surface area contributed by atoms with Crippen molar-refractivity contribution >= 4 is 17.9 Å². The van der Waals surface area contributed by atoms with Gasteiger partial charge in [0.15, 0.2) is 6.10 Å². The smallest absolute Gasteiger partial charge is 0.306 e. The number of hydrogen-bond donors (Lipinski definition) is 0. The highest BCUT2D eigenvalue weighted by Crippen LogP contribution is 2.18. The summed E-state index contributed by atoms with van der Waals surface area (Å²) in [5.74, 6) is -0.841. The molecule has 0 saturated carbocycles. The van der Waals surface area contributed by atoms with Gasteiger partial charge < -0.3 is 14.2 Å². The molecule has 0 radical (unpaired) electrons. The Balaban J connectivity index is 3.97. The third-order valence-corrected chi connectivity index (χ3v) is 15.1. The summed E-state index contributed by atoms with van der Waals surface area (Å²) in [5.41, 5.74) is 0. The van der Waals surface area contributed by atoms with Gasteiger partial charge in [-0.15, -0.1) is 0 Å². The largest absolute Gasteiger partial charge is 0.462 e. The zero-order valence-corrected chi connectivity index (χ0v) is 51.0. The van der Waals surface area contributed by atoms with Crippen LogP contribution in [-0.4, -0.2) is 37.2 Å². The number of allylic oxidation sites excluding steroid dienone is 8. The first-order valence-electron chi connectivity index (χ1n) is 33.6. The summed E-state index contributed by atoms with van der Waals surface area (Å²) in [6.07, 6.45) is 81.6. The summed E-state index contributed by atoms with van der Waals surface area (Å²) in [6, 6.07) is 0. The van der Waals surface area contributed by atoms with E-state index in [4.69, 9.17) is 14.2 Å². The lowest BCUT2D eigenvalue weighted by Gasteiger charge is -2.18. The van der Waals surface area contributed by atoms with Crippen molar-refractivity contribution in [3.8, 4) is 0 Å². The number of carbonyl (C=O) groups is 3. The maximum absolute atomic E-state index is 12.8. The molecule has 6 heteroatoms. The lowest BCUT2D eigenvalue weighted by atomic mass is 10.0. The van der Waals surface area contributed by atoms with E-state index in [-0.39, 0.29) is 31.1 Å². The minimum Gasteiger partial charge on any atom is -0.462 e. The van der Waals surface area contributed by atoms with E-state index in [1.807, 2.05) is 0 Å². The lowest BCUT2D eigenvalue weighted by molar-refractivity contribution is -0.167. The number of rotatable bonds is 62. The third-order valence-electron chi connectivity index (χ3n) is 15.1. The predicted molar refractivity (Wildman–Crippen MR) is 330 cm³/mol. The van der Waals surface area contributed by atoms with Gasteiger partial charge in [0.2, 0.25) is 0 Å². The van der Waals surface area contributed by atoms with E-state index in [0.717, 1.165) is 83.5 Å². The molecular weight excluding hydrogens is 937 g/mol. The Bertz CT molecular complexity index is 1310. The molecule has 0 fully saturated rings. The first kappa shape index (κ1) is 73.4. The summed E-state index contributed by atoms with van der Waals surface area (Å²) in [7, 11) is 0. The van der Waals surface area contributed by atoms with Gasteiger partial charge in [-0.1, -0.05) is 333 Å². The van der Waals surface area contributed by atoms with Crippen molar-refractivity contribution in [2.45, 2.75) is 367 Å². The highest BCUT2D eigenvalue weighted by atomic mass is 16.6. The highest BCUT2D eigenvalue weighted by Gasteiger charge is 2.19. The molecular formula is C70H128O6. The van der Waals surface area contributed by atoms with Crippen molar-refractivity contribution in [2.75, 3.05) is 13.2 Å². The van der Waals surface area contributed by atoms with Crippen LogP contribution in [-0.2, 0) is 28.6 Å². The van der Waals surface area contributed by atoms with Gasteiger partial charge in [0, 0.05) is 19.3 Å². The zero-order valence-electron chi connectivity index (χ0n) is 51.0. The molecule has 0 aliphatic heterocycles. The summed E-state index contributed by atoms with van der Waals surface area (Å²) >= 11 is 0. The van der Waals surface area contributed by atoms with Gasteiger partial charge in [-0.05, 0) is 57.8 Å². The normalized spacial score (nSPS) is 12.3. The van der Waals surface area contributed by atoms with Crippen LogP contribution in [0.5, 0.6) is 0 Å². The molecule has 0 aromatic rings. The molecule has 1 atom stereocenters. The van der Waals surface area contributed by atoms with Crippen LogP contribution in [0.15, 0.2) is 48.6 Å². The Morgan fingerprint density at radius 2 is 0.513 bits per heavy atom. The van der Waals surface area contributed by atoms with E-state index >= 15 is 0 Å². The maximum atomic E-state index is 12.8. The molecule has 0 rings (SSSR count). The van der Waals surface area contributed by atoms with Crippen LogP contribution in [0, 0.1) is 0 Å². The molecule has 0 spiro atoms. The topological polar surface area (TPSA) is 78.9 Å². The SMILES string of the molecule is CC/C=C\C/C=C\C/C=C\C/C=C\CCCCCCCCCCCCCCCCCCCCCCCCC(=O)OCC(COC(=O)CCCCCCCCCCCCC)OC(=O)CCCCCCCCCCCCCC. The standard InChI is InChI=1S/C70H128O6/c1-4-7-10-13-16-19-22-24-25-26-27-28-29-30-31-32-33-34-35-36-37-38-39-40-41-42-43-44-45-46-49-51-54-57-60-63-69(72)75-66-67(65-74-68(71)62-59-56-53-50-47-21-18-15-12-9-6-3)76-70(73)64-61-58-55-52-48-23-20-17-14-11-8-5-2/h7,10,16,19,24-25,27-28,67H,4-6,8-9,11-15,17-18,20-23,26,29-66H2,1-3H3/b10-7-,19-16-,25-24-,28-27-. The summed E-state index contributed by atoms with van der Waals surface area (Å²) < 4.78 is 16.9. The van der Waals surface area contributed by atoms with Crippen molar-refractivity contribution in [1.29, 1.82) is 0 Å². The van der Waals surface area contributed by atoms with E-state index in [9.17, 15) is 14.4 Å². The minimum absolute atomic E-state index is 0.0648. The molecule has 0 heterocycles. The zero-order chi connectivity index (χ0) is 55.0. The number of hydrogen-bond acceptors (Lipinski definition) is 6. The fourth-order valence-corrected chi connectivity index (χ4v) is 10.1. The van der Waals surface area contributed by atoms with Gasteiger partial charge in [-0.3, -0.25) is 14.4 Å². The van der Waals surface area contributed by atoms with Gasteiger partial charge in [0.1, 0.15) is 13.2 Å². The monoisotopic (exact) mass is 1060 g/mol. The van der Waals surface area contributed by atoms with Crippen LogP contribution in [0.3, 0.4) is 0 Å². The van der Waals surface area contributed by atoms with Gasteiger partial charge in [-0.2, -0.15) is 0 Å². The average Bonchev–Trinajstić information content (AvgIpc) is 3.42. The third kappa shape index (κ3) is 62.2. The first-order valence-corrected chi connectivity index (χ1v) is 33.6. The van der Waals surface area contributed by atoms with Crippen LogP contribution < -0.4 is 0 Å². The Hall–Kier alpha value is -2.63. The molecule has 0 amide bonds. The van der Waals surface area contributed by atoms with Crippen LogP contribution >= 0.6 is 0 Å². The van der Waals surface area contributed by atoms with E-state index in [1.54, 1.807) is 0 Å². The Labute approximate surface area is 473 Å². The Kier molecular flexibility index (Phi) is 62.6. The minimum atomic E-state index is -0.765. The van der Waals surface area contributed by atoms with Crippen LogP contribution in [0.2, 0.25) is 0 Å². The van der Waals surface area contributed by atoms with Crippen molar-refractivity contribution in [1.82, 2.24) is 0 Å². The fourth-order valence-electron chi connectivity index (χ4n) is 10.1. The maximum Gasteiger partial charge on any atom is 0.306 e. The van der Waals surface area contributed by atoms with Crippen molar-refractivity contribution in [3.05, 3.63) is 48.6 Å². The van der Waals surface area contributed by atoms with Gasteiger partial charge in [-0.25, -0.2) is 0 Å². The molecule has 0 bridgehead atoms. The second-order valence-corrected chi connectivity index (χ2v) is 22.7. The molecule has 0 aromatic heterocycles. The number of carbonyl (C=O) groups excluding carboxylic acids is 3. The van der Waals surface area contributed by atoms with Gasteiger partial charge in [0.25, 0.3) is 0 Å². The van der Waals surface area contributed by atoms with E-state index in [0.29, 0.717) is 19.3 Å². The molecule has 76 heavy (non-hydrogen) atoms. The molecule has 444 valence electrons. The molecule has 0 aliphatic carbocycles. The Morgan fingerprint density at radius 1 is 0.276 bits per heavy atom. The fraction of sp³-hybridized carbons (Fsp3) is 0.843. The van der Waals surface area contributed by atoms with Crippen molar-refractivity contribution in [3.63, 3.8) is 0 Å². The number of ether oxygens (including phenoxy) is 3. The summed E-state index contributed by atoms with van der Waals surface area (Å²) in [5, 5.41) is 0. The first-order chi connectivity index (χ1) is 37.5. The number of unbranched alkanes of at least 4 members (excludes halogenated alkanes) is 43. The van der Waals surface area contributed by atoms with E-state index < -0.39 is 6.10 Å². The molecule has 6 nitrogen and oxygen atoms in total. The average molecular weight is 1070 g/mol. The summed E-state index contributed by atoms with van der Waals surface area (Å²) in [6.45, 7) is 6.57. The van der Waals surface area contributed by atoms with Crippen LogP contribution in [0.1, 0.15) is 361 Å². The molecule has 0 saturated heterocycles. The highest BCUT2D eigenvalue weighted by molar-refractivity contribution is 5.71. The quantitative estimate of drug-likeness (QED) is 0.0261. The molecule has 0 N–H and O–H groups in total. The van der Waals surface area contributed by atoms with Crippen molar-refractivity contribution in [2.24, 2.45) is 0 Å². The second-order valence-electron chi connectivity index (χ2n) is 22.7. The van der Waals surface area contributed by atoms with E-state index in [1.165, 1.54) is 238 Å². The lowest BCUT2D eigenvalue weighted by Crippen LogP contribution is -2.30. The van der Waals surface area contributed by atoms with Crippen LogP contribution in [0.25, 0.3) is 0 Å². The number of esters is 3.